The topological polar surface area (TPSA) is 56.3 Å². The van der Waals surface area contributed by atoms with Crippen LogP contribution in [0.2, 0.25) is 0 Å². The predicted octanol–water partition coefficient (Wildman–Crippen LogP) is 1.63. The maximum absolute atomic E-state index is 5.30. The molecule has 0 aliphatic carbocycles. The Morgan fingerprint density at radius 3 is 2.81 bits per heavy atom. The van der Waals surface area contributed by atoms with Crippen LogP contribution >= 0.6 is 0 Å². The number of anilines is 1. The standard InChI is InChI=1S/C11H19N3O2/c1-5-16-7-9(3)13-11-12-8(2)6-10(14-11)15-4/h6,9H,5,7H2,1-4H3,(H,12,13,14). The minimum Gasteiger partial charge on any atom is -0.481 e. The first-order valence-corrected chi connectivity index (χ1v) is 5.39. The summed E-state index contributed by atoms with van der Waals surface area (Å²) in [4.78, 5) is 8.47. The molecule has 0 saturated carbocycles. The molecule has 5 heteroatoms. The molecule has 1 aromatic heterocycles. The van der Waals surface area contributed by atoms with Crippen molar-refractivity contribution >= 4 is 5.95 Å². The number of aromatic nitrogens is 2. The van der Waals surface area contributed by atoms with Crippen LogP contribution in [0.3, 0.4) is 0 Å². The number of hydrogen-bond donors (Lipinski definition) is 1. The van der Waals surface area contributed by atoms with Crippen LogP contribution < -0.4 is 10.1 Å². The molecule has 0 radical (unpaired) electrons. The van der Waals surface area contributed by atoms with E-state index >= 15 is 0 Å². The number of hydrogen-bond acceptors (Lipinski definition) is 5. The van der Waals surface area contributed by atoms with Gasteiger partial charge < -0.3 is 14.8 Å². The Hall–Kier alpha value is -1.36. The molecule has 1 rings (SSSR count). The van der Waals surface area contributed by atoms with Crippen molar-refractivity contribution < 1.29 is 9.47 Å². The molecule has 0 aliphatic rings. The lowest BCUT2D eigenvalue weighted by Gasteiger charge is -2.14. The molecule has 1 atom stereocenters. The third-order valence-corrected chi connectivity index (χ3v) is 1.99. The van der Waals surface area contributed by atoms with Crippen LogP contribution in [0.15, 0.2) is 6.07 Å². The molecule has 16 heavy (non-hydrogen) atoms. The maximum atomic E-state index is 5.30. The van der Waals surface area contributed by atoms with Gasteiger partial charge in [0.25, 0.3) is 0 Å². The highest BCUT2D eigenvalue weighted by Crippen LogP contribution is 2.11. The smallest absolute Gasteiger partial charge is 0.226 e. The molecular formula is C11H19N3O2. The summed E-state index contributed by atoms with van der Waals surface area (Å²) in [5, 5.41) is 3.16. The fourth-order valence-electron chi connectivity index (χ4n) is 1.27. The summed E-state index contributed by atoms with van der Waals surface area (Å²) in [5.74, 6) is 1.14. The lowest BCUT2D eigenvalue weighted by Crippen LogP contribution is -2.23. The summed E-state index contributed by atoms with van der Waals surface area (Å²) in [6.45, 7) is 7.25. The van der Waals surface area contributed by atoms with Gasteiger partial charge in [-0.3, -0.25) is 0 Å². The van der Waals surface area contributed by atoms with E-state index in [9.17, 15) is 0 Å². The van der Waals surface area contributed by atoms with Crippen LogP contribution in [0.5, 0.6) is 5.88 Å². The van der Waals surface area contributed by atoms with Crippen LogP contribution in [-0.4, -0.2) is 36.3 Å². The van der Waals surface area contributed by atoms with Crippen molar-refractivity contribution in [2.24, 2.45) is 0 Å². The van der Waals surface area contributed by atoms with E-state index < -0.39 is 0 Å². The third kappa shape index (κ3) is 4.02. The third-order valence-electron chi connectivity index (χ3n) is 1.99. The minimum absolute atomic E-state index is 0.173. The Bertz CT molecular complexity index is 331. The van der Waals surface area contributed by atoms with Crippen molar-refractivity contribution in [1.29, 1.82) is 0 Å². The van der Waals surface area contributed by atoms with Crippen LogP contribution in [-0.2, 0) is 4.74 Å². The van der Waals surface area contributed by atoms with Crippen molar-refractivity contribution in [2.75, 3.05) is 25.6 Å². The Morgan fingerprint density at radius 2 is 2.19 bits per heavy atom. The van der Waals surface area contributed by atoms with E-state index in [0.717, 1.165) is 5.69 Å². The second-order valence-electron chi connectivity index (χ2n) is 3.58. The molecule has 1 unspecified atom stereocenters. The van der Waals surface area contributed by atoms with E-state index in [1.807, 2.05) is 20.8 Å². The highest BCUT2D eigenvalue weighted by molar-refractivity contribution is 5.31. The minimum atomic E-state index is 0.173. The molecule has 1 heterocycles. The molecule has 0 aliphatic heterocycles. The zero-order chi connectivity index (χ0) is 12.0. The van der Waals surface area contributed by atoms with Gasteiger partial charge in [0.15, 0.2) is 0 Å². The summed E-state index contributed by atoms with van der Waals surface area (Å²) < 4.78 is 10.4. The van der Waals surface area contributed by atoms with Crippen LogP contribution in [0, 0.1) is 6.92 Å². The number of methoxy groups -OCH3 is 1. The van der Waals surface area contributed by atoms with Crippen molar-refractivity contribution in [3.63, 3.8) is 0 Å². The SMILES string of the molecule is CCOCC(C)Nc1nc(C)cc(OC)n1. The van der Waals surface area contributed by atoms with Crippen LogP contribution in [0.25, 0.3) is 0 Å². The zero-order valence-corrected chi connectivity index (χ0v) is 10.3. The second kappa shape index (κ2) is 6.27. The summed E-state index contributed by atoms with van der Waals surface area (Å²) in [6, 6.07) is 1.96. The molecule has 5 nitrogen and oxygen atoms in total. The van der Waals surface area contributed by atoms with E-state index in [-0.39, 0.29) is 6.04 Å². The Balaban J connectivity index is 2.61. The molecule has 1 N–H and O–H groups in total. The van der Waals surface area contributed by atoms with Crippen molar-refractivity contribution in [2.45, 2.75) is 26.8 Å². The van der Waals surface area contributed by atoms with E-state index in [0.29, 0.717) is 25.0 Å². The van der Waals surface area contributed by atoms with Gasteiger partial charge in [0.2, 0.25) is 11.8 Å². The highest BCUT2D eigenvalue weighted by atomic mass is 16.5. The summed E-state index contributed by atoms with van der Waals surface area (Å²) in [6.07, 6.45) is 0. The fourth-order valence-corrected chi connectivity index (χ4v) is 1.27. The normalized spacial score (nSPS) is 12.2. The molecule has 0 spiro atoms. The number of ether oxygens (including phenoxy) is 2. The van der Waals surface area contributed by atoms with Gasteiger partial charge in [-0.05, 0) is 20.8 Å². The Labute approximate surface area is 96.2 Å². The van der Waals surface area contributed by atoms with Gasteiger partial charge in [0.05, 0.1) is 13.7 Å². The molecular weight excluding hydrogens is 206 g/mol. The van der Waals surface area contributed by atoms with Gasteiger partial charge in [-0.15, -0.1) is 0 Å². The van der Waals surface area contributed by atoms with Crippen LogP contribution in [0.1, 0.15) is 19.5 Å². The van der Waals surface area contributed by atoms with Crippen molar-refractivity contribution in [1.82, 2.24) is 9.97 Å². The maximum Gasteiger partial charge on any atom is 0.226 e. The first kappa shape index (κ1) is 12.7. The first-order valence-electron chi connectivity index (χ1n) is 5.39. The lowest BCUT2D eigenvalue weighted by atomic mass is 10.3. The molecule has 0 bridgehead atoms. The fraction of sp³-hybridized carbons (Fsp3) is 0.636. The van der Waals surface area contributed by atoms with E-state index in [2.05, 4.69) is 15.3 Å². The Morgan fingerprint density at radius 1 is 1.44 bits per heavy atom. The average molecular weight is 225 g/mol. The van der Waals surface area contributed by atoms with Gasteiger partial charge in [-0.1, -0.05) is 0 Å². The molecule has 0 aromatic carbocycles. The van der Waals surface area contributed by atoms with Gasteiger partial charge in [-0.2, -0.15) is 4.98 Å². The predicted molar refractivity (Wildman–Crippen MR) is 62.9 cm³/mol. The van der Waals surface area contributed by atoms with E-state index in [4.69, 9.17) is 9.47 Å². The summed E-state index contributed by atoms with van der Waals surface area (Å²) >= 11 is 0. The monoisotopic (exact) mass is 225 g/mol. The summed E-state index contributed by atoms with van der Waals surface area (Å²) in [5.41, 5.74) is 0.873. The summed E-state index contributed by atoms with van der Waals surface area (Å²) in [7, 11) is 1.59. The second-order valence-corrected chi connectivity index (χ2v) is 3.58. The van der Waals surface area contributed by atoms with Crippen LogP contribution in [0.4, 0.5) is 5.95 Å². The van der Waals surface area contributed by atoms with Gasteiger partial charge in [0.1, 0.15) is 0 Å². The molecule has 90 valence electrons. The van der Waals surface area contributed by atoms with Crippen molar-refractivity contribution in [3.05, 3.63) is 11.8 Å². The van der Waals surface area contributed by atoms with E-state index in [1.54, 1.807) is 13.2 Å². The molecule has 0 fully saturated rings. The molecule has 0 amide bonds. The number of aryl methyl sites for hydroxylation is 1. The Kier molecular flexibility index (Phi) is 4.98. The van der Waals surface area contributed by atoms with Gasteiger partial charge >= 0.3 is 0 Å². The van der Waals surface area contributed by atoms with E-state index in [1.165, 1.54) is 0 Å². The molecule has 0 saturated heterocycles. The first-order chi connectivity index (χ1) is 7.65. The average Bonchev–Trinajstić information content (AvgIpc) is 2.25. The number of nitrogens with zero attached hydrogens (tertiary/aromatic N) is 2. The largest absolute Gasteiger partial charge is 0.481 e. The quantitative estimate of drug-likeness (QED) is 0.797. The number of rotatable bonds is 6. The lowest BCUT2D eigenvalue weighted by molar-refractivity contribution is 0.141. The van der Waals surface area contributed by atoms with Crippen molar-refractivity contribution in [3.8, 4) is 5.88 Å². The zero-order valence-electron chi connectivity index (χ0n) is 10.3. The van der Waals surface area contributed by atoms with Gasteiger partial charge in [0, 0.05) is 24.4 Å². The highest BCUT2D eigenvalue weighted by Gasteiger charge is 2.06. The number of nitrogens with one attached hydrogen (secondary N) is 1. The molecule has 1 aromatic rings. The van der Waals surface area contributed by atoms with Gasteiger partial charge in [-0.25, -0.2) is 4.98 Å².